The SMILES string of the molecule is COc1cc(Nc2ccc3ncc(N4CCOCC4)nc3c2C#N)ccc1OCc1ccc(OC(F)(F)F)cc1. The lowest BCUT2D eigenvalue weighted by atomic mass is 10.1. The van der Waals surface area contributed by atoms with Crippen LogP contribution < -0.4 is 24.4 Å². The maximum Gasteiger partial charge on any atom is 0.573 e. The van der Waals surface area contributed by atoms with Crippen LogP contribution in [0.3, 0.4) is 0 Å². The lowest BCUT2D eigenvalue weighted by molar-refractivity contribution is -0.274. The molecule has 0 saturated carbocycles. The van der Waals surface area contributed by atoms with Crippen molar-refractivity contribution in [3.8, 4) is 23.3 Å². The molecule has 206 valence electrons. The van der Waals surface area contributed by atoms with Gasteiger partial charge in [-0.15, -0.1) is 13.2 Å². The standard InChI is InChI=1S/C28H24F3N5O4/c1-37-25-14-19(4-9-24(25)39-17-18-2-5-20(6-3-18)40-28(29,30)31)34-22-7-8-23-27(21(22)15-32)35-26(16-33-23)36-10-12-38-13-11-36/h2-9,14,16,34H,10-13,17H2,1H3. The minimum absolute atomic E-state index is 0.100. The Morgan fingerprint density at radius 3 is 2.52 bits per heavy atom. The highest BCUT2D eigenvalue weighted by Crippen LogP contribution is 2.34. The first-order chi connectivity index (χ1) is 19.3. The molecule has 3 aromatic carbocycles. The van der Waals surface area contributed by atoms with Gasteiger partial charge in [0.2, 0.25) is 0 Å². The number of aromatic nitrogens is 2. The fourth-order valence-electron chi connectivity index (χ4n) is 4.20. The second-order valence-corrected chi connectivity index (χ2v) is 8.77. The summed E-state index contributed by atoms with van der Waals surface area (Å²) >= 11 is 0. The highest BCUT2D eigenvalue weighted by molar-refractivity contribution is 5.89. The van der Waals surface area contributed by atoms with Crippen LogP contribution in [-0.4, -0.2) is 49.7 Å². The van der Waals surface area contributed by atoms with Crippen molar-refractivity contribution < 1.29 is 32.1 Å². The van der Waals surface area contributed by atoms with Crippen molar-refractivity contribution in [2.24, 2.45) is 0 Å². The number of morpholine rings is 1. The Balaban J connectivity index is 1.32. The molecule has 1 aliphatic rings. The summed E-state index contributed by atoms with van der Waals surface area (Å²) in [6.07, 6.45) is -3.04. The van der Waals surface area contributed by atoms with Gasteiger partial charge in [0.1, 0.15) is 35.3 Å². The van der Waals surface area contributed by atoms with Crippen molar-refractivity contribution in [2.45, 2.75) is 13.0 Å². The van der Waals surface area contributed by atoms with Crippen LogP contribution in [0.5, 0.6) is 17.2 Å². The number of anilines is 3. The van der Waals surface area contributed by atoms with Gasteiger partial charge in [0.05, 0.1) is 37.7 Å². The Kier molecular flexibility index (Phi) is 7.75. The average molecular weight is 552 g/mol. The summed E-state index contributed by atoms with van der Waals surface area (Å²) in [7, 11) is 1.49. The highest BCUT2D eigenvalue weighted by Gasteiger charge is 2.31. The number of rotatable bonds is 8. The minimum atomic E-state index is -4.75. The van der Waals surface area contributed by atoms with Crippen LogP contribution in [0, 0.1) is 11.3 Å². The molecular formula is C28H24F3N5O4. The molecule has 12 heteroatoms. The molecule has 0 atom stereocenters. The molecule has 1 saturated heterocycles. The van der Waals surface area contributed by atoms with Crippen LogP contribution in [0.15, 0.2) is 60.8 Å². The van der Waals surface area contributed by atoms with Crippen LogP contribution in [0.2, 0.25) is 0 Å². The first-order valence-corrected chi connectivity index (χ1v) is 12.3. The maximum absolute atomic E-state index is 12.4. The summed E-state index contributed by atoms with van der Waals surface area (Å²) in [5, 5.41) is 13.2. The third-order valence-electron chi connectivity index (χ3n) is 6.14. The second kappa shape index (κ2) is 11.5. The second-order valence-electron chi connectivity index (χ2n) is 8.77. The molecule has 1 aromatic heterocycles. The molecule has 1 fully saturated rings. The van der Waals surface area contributed by atoms with Gasteiger partial charge >= 0.3 is 6.36 Å². The van der Waals surface area contributed by atoms with E-state index >= 15 is 0 Å². The number of nitriles is 1. The van der Waals surface area contributed by atoms with E-state index in [9.17, 15) is 18.4 Å². The van der Waals surface area contributed by atoms with E-state index in [4.69, 9.17) is 19.2 Å². The summed E-state index contributed by atoms with van der Waals surface area (Å²) in [4.78, 5) is 11.3. The zero-order valence-corrected chi connectivity index (χ0v) is 21.4. The lowest BCUT2D eigenvalue weighted by Gasteiger charge is -2.27. The van der Waals surface area contributed by atoms with Gasteiger partial charge in [-0.05, 0) is 42.0 Å². The molecule has 0 unspecified atom stereocenters. The average Bonchev–Trinajstić information content (AvgIpc) is 2.96. The quantitative estimate of drug-likeness (QED) is 0.301. The minimum Gasteiger partial charge on any atom is -0.493 e. The summed E-state index contributed by atoms with van der Waals surface area (Å²) in [5.74, 6) is 1.24. The van der Waals surface area contributed by atoms with Gasteiger partial charge in [0.15, 0.2) is 11.5 Å². The van der Waals surface area contributed by atoms with Crippen molar-refractivity contribution in [1.29, 1.82) is 5.26 Å². The zero-order chi connectivity index (χ0) is 28.1. The summed E-state index contributed by atoms with van der Waals surface area (Å²) in [6.45, 7) is 2.72. The van der Waals surface area contributed by atoms with E-state index in [1.54, 1.807) is 36.5 Å². The number of hydrogen-bond acceptors (Lipinski definition) is 9. The molecule has 9 nitrogen and oxygen atoms in total. The van der Waals surface area contributed by atoms with E-state index in [1.807, 2.05) is 0 Å². The van der Waals surface area contributed by atoms with Gasteiger partial charge in [-0.1, -0.05) is 12.1 Å². The Morgan fingerprint density at radius 1 is 1.05 bits per heavy atom. The third-order valence-corrected chi connectivity index (χ3v) is 6.14. The Morgan fingerprint density at radius 2 is 1.82 bits per heavy atom. The fraction of sp³-hybridized carbons (Fsp3) is 0.250. The lowest BCUT2D eigenvalue weighted by Crippen LogP contribution is -2.36. The number of hydrogen-bond donors (Lipinski definition) is 1. The Bertz CT molecular complexity index is 1530. The largest absolute Gasteiger partial charge is 0.573 e. The molecule has 0 aliphatic carbocycles. The topological polar surface area (TPSA) is 102 Å². The van der Waals surface area contributed by atoms with Crippen LogP contribution >= 0.6 is 0 Å². The van der Waals surface area contributed by atoms with Gasteiger partial charge in [-0.3, -0.25) is 4.98 Å². The van der Waals surface area contributed by atoms with E-state index in [-0.39, 0.29) is 12.4 Å². The predicted molar refractivity (Wildman–Crippen MR) is 141 cm³/mol. The first-order valence-electron chi connectivity index (χ1n) is 12.3. The van der Waals surface area contributed by atoms with Gasteiger partial charge in [0, 0.05) is 24.8 Å². The van der Waals surface area contributed by atoms with Crippen LogP contribution in [0.1, 0.15) is 11.1 Å². The van der Waals surface area contributed by atoms with E-state index in [1.165, 1.54) is 31.4 Å². The summed E-state index contributed by atoms with van der Waals surface area (Å²) < 4.78 is 57.7. The number of nitrogens with zero attached hydrogens (tertiary/aromatic N) is 4. The molecular weight excluding hydrogens is 527 g/mol. The van der Waals surface area contributed by atoms with Gasteiger partial charge in [-0.2, -0.15) is 5.26 Å². The maximum atomic E-state index is 12.4. The van der Waals surface area contributed by atoms with Crippen molar-refractivity contribution in [1.82, 2.24) is 9.97 Å². The first kappa shape index (κ1) is 26.8. The molecule has 0 amide bonds. The van der Waals surface area contributed by atoms with Crippen molar-refractivity contribution >= 4 is 28.2 Å². The van der Waals surface area contributed by atoms with Gasteiger partial charge in [-0.25, -0.2) is 4.98 Å². The monoisotopic (exact) mass is 551 g/mol. The summed E-state index contributed by atoms with van der Waals surface area (Å²) in [6, 6.07) is 16.4. The molecule has 40 heavy (non-hydrogen) atoms. The van der Waals surface area contributed by atoms with Crippen LogP contribution in [0.25, 0.3) is 11.0 Å². The number of benzene rings is 3. The molecule has 1 N–H and O–H groups in total. The number of methoxy groups -OCH3 is 1. The molecule has 5 rings (SSSR count). The molecule has 0 radical (unpaired) electrons. The van der Waals surface area contributed by atoms with E-state index < -0.39 is 6.36 Å². The number of ether oxygens (including phenoxy) is 4. The molecule has 2 heterocycles. The van der Waals surface area contributed by atoms with Gasteiger partial charge < -0.3 is 29.2 Å². The summed E-state index contributed by atoms with van der Waals surface area (Å²) in [5.41, 5.74) is 3.31. The Hall–Kier alpha value is -4.76. The molecule has 1 aliphatic heterocycles. The van der Waals surface area contributed by atoms with Crippen LogP contribution in [-0.2, 0) is 11.3 Å². The number of halogens is 3. The normalized spacial score (nSPS) is 13.5. The highest BCUT2D eigenvalue weighted by atomic mass is 19.4. The van der Waals surface area contributed by atoms with Crippen molar-refractivity contribution in [2.75, 3.05) is 43.6 Å². The fourth-order valence-corrected chi connectivity index (χ4v) is 4.20. The number of nitrogens with one attached hydrogen (secondary N) is 1. The number of alkyl halides is 3. The smallest absolute Gasteiger partial charge is 0.493 e. The number of fused-ring (bicyclic) bond motifs is 1. The third kappa shape index (κ3) is 6.27. The molecule has 4 aromatic rings. The molecule has 0 bridgehead atoms. The van der Waals surface area contributed by atoms with Crippen molar-refractivity contribution in [3.05, 3.63) is 71.9 Å². The Labute approximate surface area is 227 Å². The van der Waals surface area contributed by atoms with Gasteiger partial charge in [0.25, 0.3) is 0 Å². The van der Waals surface area contributed by atoms with Crippen LogP contribution in [0.4, 0.5) is 30.4 Å². The van der Waals surface area contributed by atoms with E-state index in [0.717, 1.165) is 0 Å². The molecule has 0 spiro atoms. The van der Waals surface area contributed by atoms with E-state index in [0.29, 0.717) is 77.2 Å². The zero-order valence-electron chi connectivity index (χ0n) is 21.4. The van der Waals surface area contributed by atoms with E-state index in [2.05, 4.69) is 26.0 Å². The van der Waals surface area contributed by atoms with Crippen molar-refractivity contribution in [3.63, 3.8) is 0 Å². The predicted octanol–water partition coefficient (Wildman–Crippen LogP) is 5.57.